The van der Waals surface area contributed by atoms with Gasteiger partial charge in [0.15, 0.2) is 17.1 Å². The summed E-state index contributed by atoms with van der Waals surface area (Å²) in [7, 11) is 6.64. The van der Waals surface area contributed by atoms with Gasteiger partial charge >= 0.3 is 0 Å². The van der Waals surface area contributed by atoms with E-state index >= 15 is 0 Å². The van der Waals surface area contributed by atoms with Crippen LogP contribution in [0.15, 0.2) is 36.4 Å². The van der Waals surface area contributed by atoms with Gasteiger partial charge in [0, 0.05) is 45.6 Å². The monoisotopic (exact) mass is 696 g/mol. The average molecular weight is 697 g/mol. The van der Waals surface area contributed by atoms with Crippen molar-refractivity contribution in [2.45, 2.75) is 73.7 Å². The van der Waals surface area contributed by atoms with Gasteiger partial charge in [0.25, 0.3) is 0 Å². The Labute approximate surface area is 289 Å². The van der Waals surface area contributed by atoms with Crippen molar-refractivity contribution in [2.24, 2.45) is 5.92 Å². The highest BCUT2D eigenvalue weighted by Crippen LogP contribution is 2.64. The first-order valence-electron chi connectivity index (χ1n) is 16.8. The fourth-order valence-corrected chi connectivity index (χ4v) is 11.7. The van der Waals surface area contributed by atoms with Gasteiger partial charge in [0.2, 0.25) is 5.75 Å². The molecule has 0 spiro atoms. The molecule has 3 aromatic rings. The van der Waals surface area contributed by atoms with Crippen LogP contribution in [0.1, 0.15) is 79.0 Å². The second-order valence-electron chi connectivity index (χ2n) is 13.5. The van der Waals surface area contributed by atoms with Crippen molar-refractivity contribution in [3.05, 3.63) is 58.7 Å². The molecule has 0 saturated heterocycles. The Morgan fingerprint density at radius 3 is 2.42 bits per heavy atom. The third-order valence-corrected chi connectivity index (χ3v) is 13.9. The summed E-state index contributed by atoms with van der Waals surface area (Å²) in [5, 5.41) is 55.3. The van der Waals surface area contributed by atoms with Gasteiger partial charge in [-0.1, -0.05) is 41.0 Å². The smallest absolute Gasteiger partial charge is 0.200 e. The molecule has 9 nitrogen and oxygen atoms in total. The number of aliphatic hydroxyl groups excluding tert-OH is 3. The van der Waals surface area contributed by atoms with Gasteiger partial charge in [-0.3, -0.25) is 0 Å². The molecule has 3 aromatic carbocycles. The number of hydrogen-bond donors (Lipinski definition) is 5. The Balaban J connectivity index is 1.52. The largest absolute Gasteiger partial charge is 0.508 e. The number of rotatable bonds is 7. The van der Waals surface area contributed by atoms with E-state index < -0.39 is 11.7 Å². The maximum Gasteiger partial charge on any atom is 0.200 e. The number of phenols is 2. The third-order valence-electron chi connectivity index (χ3n) is 10.9. The highest BCUT2D eigenvalue weighted by Gasteiger charge is 2.58. The average Bonchev–Trinajstić information content (AvgIpc) is 3.09. The molecule has 2 aliphatic carbocycles. The van der Waals surface area contributed by atoms with E-state index in [0.29, 0.717) is 29.4 Å². The van der Waals surface area contributed by atoms with Crippen molar-refractivity contribution in [2.75, 3.05) is 39.8 Å². The minimum Gasteiger partial charge on any atom is -0.508 e. The van der Waals surface area contributed by atoms with E-state index in [2.05, 4.69) is 6.92 Å². The standard InChI is InChI=1S/C37H44O9S2/c1-19-4-6-22-24-16-21(40)5-7-23(24)31-26(45-12-11-38)17-27-33(32(31)25(22)18-39)34-30(48-47-13-9-19)8-10-37(46-27,36(34)42)20-14-28(43-2)35(41)29(15-20)44-3/h5,7,14-17,19,22,25,30,34,36,38-42H,4,6,8-13,18H2,1-3H3/t19-,22-,25+,30+,34-,36-,37+/m1/s1. The molecular weight excluding hydrogens is 653 g/mol. The maximum atomic E-state index is 12.7. The van der Waals surface area contributed by atoms with Crippen LogP contribution in [-0.4, -0.2) is 76.7 Å². The molecule has 4 bridgehead atoms. The van der Waals surface area contributed by atoms with Gasteiger partial charge in [-0.2, -0.15) is 0 Å². The number of ether oxygens (including phenoxy) is 4. The van der Waals surface area contributed by atoms with Crippen molar-refractivity contribution >= 4 is 21.6 Å². The van der Waals surface area contributed by atoms with Crippen LogP contribution in [-0.2, 0) is 5.60 Å². The Morgan fingerprint density at radius 1 is 0.938 bits per heavy atom. The van der Waals surface area contributed by atoms with Crippen molar-refractivity contribution in [1.29, 1.82) is 0 Å². The molecule has 1 saturated carbocycles. The molecule has 258 valence electrons. The van der Waals surface area contributed by atoms with Crippen molar-refractivity contribution in [3.8, 4) is 45.6 Å². The van der Waals surface area contributed by atoms with Gasteiger partial charge in [-0.25, -0.2) is 0 Å². The minimum atomic E-state index is -1.19. The quantitative estimate of drug-likeness (QED) is 0.175. The fourth-order valence-electron chi connectivity index (χ4n) is 8.55. The molecule has 7 atom stereocenters. The number of hydrogen-bond acceptors (Lipinski definition) is 11. The van der Waals surface area contributed by atoms with Crippen LogP contribution < -0.4 is 18.9 Å². The normalized spacial score (nSPS) is 29.0. The lowest BCUT2D eigenvalue weighted by molar-refractivity contribution is -0.111. The van der Waals surface area contributed by atoms with Gasteiger partial charge in [-0.15, -0.1) is 0 Å². The number of fused-ring (bicyclic) bond motifs is 5. The molecule has 5 N–H and O–H groups in total. The van der Waals surface area contributed by atoms with E-state index in [1.807, 2.05) is 39.8 Å². The second kappa shape index (κ2) is 13.4. The molecule has 0 aromatic heterocycles. The number of aromatic hydroxyl groups is 2. The molecule has 0 unspecified atom stereocenters. The zero-order valence-corrected chi connectivity index (χ0v) is 29.1. The topological polar surface area (TPSA) is 138 Å². The number of phenolic OH excluding ortho intramolecular Hbond substituents is 2. The van der Waals surface area contributed by atoms with E-state index in [1.54, 1.807) is 18.2 Å². The first kappa shape index (κ1) is 33.5. The Hall–Kier alpha value is -2.96. The fraction of sp³-hybridized carbons (Fsp3) is 0.514. The first-order chi connectivity index (χ1) is 23.3. The van der Waals surface area contributed by atoms with E-state index in [-0.39, 0.29) is 65.8 Å². The van der Waals surface area contributed by atoms with Gasteiger partial charge < -0.3 is 44.5 Å². The van der Waals surface area contributed by atoms with Crippen LogP contribution in [0.4, 0.5) is 0 Å². The van der Waals surface area contributed by atoms with Crippen LogP contribution in [0.2, 0.25) is 0 Å². The SMILES string of the molecule is COc1cc([C@@]23CC[C@@H]4SSCC[C@H](C)CC[C@@H]5c6cc(O)ccc6-c6c(OCCO)cc(c(c6[C@H]5CO)[C@@H]4[C@H]2O)O3)cc(OC)c1O. The molecular formula is C37H44O9S2. The predicted octanol–water partition coefficient (Wildman–Crippen LogP) is 6.42. The van der Waals surface area contributed by atoms with Crippen molar-refractivity contribution in [3.63, 3.8) is 0 Å². The van der Waals surface area contributed by atoms with Crippen molar-refractivity contribution < 1.29 is 44.5 Å². The molecule has 7 rings (SSSR count). The highest BCUT2D eigenvalue weighted by atomic mass is 33.1. The molecule has 48 heavy (non-hydrogen) atoms. The summed E-state index contributed by atoms with van der Waals surface area (Å²) in [4.78, 5) is 0. The van der Waals surface area contributed by atoms with E-state index in [9.17, 15) is 25.5 Å². The summed E-state index contributed by atoms with van der Waals surface area (Å²) in [5.74, 6) is 2.25. The summed E-state index contributed by atoms with van der Waals surface area (Å²) in [6.45, 7) is 2.02. The molecule has 1 fully saturated rings. The van der Waals surface area contributed by atoms with Crippen LogP contribution in [0, 0.1) is 5.92 Å². The third kappa shape index (κ3) is 5.37. The predicted molar refractivity (Wildman–Crippen MR) is 187 cm³/mol. The van der Waals surface area contributed by atoms with Crippen LogP contribution >= 0.6 is 21.6 Å². The highest BCUT2D eigenvalue weighted by molar-refractivity contribution is 8.76. The van der Waals surface area contributed by atoms with Crippen LogP contribution in [0.5, 0.6) is 34.5 Å². The number of benzene rings is 3. The Kier molecular flexibility index (Phi) is 9.36. The summed E-state index contributed by atoms with van der Waals surface area (Å²) >= 11 is 0. The molecule has 0 radical (unpaired) electrons. The van der Waals surface area contributed by atoms with Crippen molar-refractivity contribution in [1.82, 2.24) is 0 Å². The Morgan fingerprint density at radius 2 is 1.71 bits per heavy atom. The summed E-state index contributed by atoms with van der Waals surface area (Å²) < 4.78 is 24.4. The number of methoxy groups -OCH3 is 2. The zero-order valence-electron chi connectivity index (χ0n) is 27.5. The lowest BCUT2D eigenvalue weighted by Crippen LogP contribution is -2.57. The lowest BCUT2D eigenvalue weighted by Gasteiger charge is -2.54. The van der Waals surface area contributed by atoms with Gasteiger partial charge in [0.1, 0.15) is 30.0 Å². The van der Waals surface area contributed by atoms with Crippen LogP contribution in [0.3, 0.4) is 0 Å². The summed E-state index contributed by atoms with van der Waals surface area (Å²) in [6, 6.07) is 10.7. The summed E-state index contributed by atoms with van der Waals surface area (Å²) in [5.41, 5.74) is 3.94. The van der Waals surface area contributed by atoms with E-state index in [4.69, 9.17) is 18.9 Å². The van der Waals surface area contributed by atoms with Crippen LogP contribution in [0.25, 0.3) is 11.1 Å². The molecule has 2 heterocycles. The number of aliphatic hydroxyl groups is 3. The molecule has 11 heteroatoms. The molecule has 2 aliphatic heterocycles. The second-order valence-corrected chi connectivity index (χ2v) is 16.2. The maximum absolute atomic E-state index is 12.7. The first-order valence-corrected chi connectivity index (χ1v) is 19.1. The zero-order chi connectivity index (χ0) is 33.7. The van der Waals surface area contributed by atoms with Gasteiger partial charge in [-0.05, 0) is 78.5 Å². The lowest BCUT2D eigenvalue weighted by atomic mass is 9.62. The van der Waals surface area contributed by atoms with E-state index in [0.717, 1.165) is 59.3 Å². The molecule has 0 amide bonds. The summed E-state index contributed by atoms with van der Waals surface area (Å²) in [6.07, 6.45) is 3.14. The van der Waals surface area contributed by atoms with Gasteiger partial charge in [0.05, 0.1) is 27.4 Å². The molecule has 4 aliphatic rings. The van der Waals surface area contributed by atoms with E-state index in [1.165, 1.54) is 14.2 Å². The Bertz CT molecular complexity index is 1660. The minimum absolute atomic E-state index is 0.0464.